The fourth-order valence-electron chi connectivity index (χ4n) is 2.52. The Labute approximate surface area is 137 Å². The molecule has 0 aliphatic heterocycles. The molecule has 1 amide bonds. The lowest BCUT2D eigenvalue weighted by atomic mass is 10.0. The van der Waals surface area contributed by atoms with E-state index in [0.29, 0.717) is 24.4 Å². The maximum absolute atomic E-state index is 12.7. The van der Waals surface area contributed by atoms with Gasteiger partial charge in [-0.25, -0.2) is 0 Å². The number of amides is 1. The van der Waals surface area contributed by atoms with Gasteiger partial charge < -0.3 is 14.4 Å². The Hall–Kier alpha value is -2.49. The van der Waals surface area contributed by atoms with E-state index < -0.39 is 0 Å². The van der Waals surface area contributed by atoms with Crippen molar-refractivity contribution in [3.63, 3.8) is 0 Å². The van der Waals surface area contributed by atoms with Gasteiger partial charge in [0.05, 0.1) is 19.8 Å². The molecule has 0 atom stereocenters. The predicted molar refractivity (Wildman–Crippen MR) is 92.2 cm³/mol. The van der Waals surface area contributed by atoms with Crippen LogP contribution in [0.1, 0.15) is 24.2 Å². The first-order valence-electron chi connectivity index (χ1n) is 7.76. The first-order chi connectivity index (χ1) is 11.1. The zero-order valence-corrected chi connectivity index (χ0v) is 14.1. The Morgan fingerprint density at radius 1 is 0.913 bits per heavy atom. The van der Waals surface area contributed by atoms with Crippen molar-refractivity contribution in [2.75, 3.05) is 27.3 Å². The van der Waals surface area contributed by atoms with Gasteiger partial charge in [0.1, 0.15) is 11.5 Å². The normalized spacial score (nSPS) is 10.3. The molecule has 4 heteroatoms. The van der Waals surface area contributed by atoms with E-state index in [1.165, 1.54) is 0 Å². The lowest BCUT2D eigenvalue weighted by Crippen LogP contribution is -2.30. The standard InChI is InChI=1S/C19H23NO3/c1-5-20(6-2)19(21)17-13-15(9-12-18(17)23-4)14-7-10-16(22-3)11-8-14/h7-13H,5-6H2,1-4H3. The molecule has 0 saturated heterocycles. The van der Waals surface area contributed by atoms with Gasteiger partial charge in [0, 0.05) is 13.1 Å². The summed E-state index contributed by atoms with van der Waals surface area (Å²) in [4.78, 5) is 14.5. The van der Waals surface area contributed by atoms with Gasteiger partial charge in [-0.05, 0) is 49.2 Å². The molecule has 4 nitrogen and oxygen atoms in total. The Bertz CT molecular complexity index is 661. The average Bonchev–Trinajstić information content (AvgIpc) is 2.62. The lowest BCUT2D eigenvalue weighted by molar-refractivity contribution is 0.0769. The first-order valence-corrected chi connectivity index (χ1v) is 7.76. The van der Waals surface area contributed by atoms with Crippen molar-refractivity contribution < 1.29 is 14.3 Å². The minimum atomic E-state index is -0.0118. The van der Waals surface area contributed by atoms with Crippen LogP contribution in [0, 0.1) is 0 Å². The van der Waals surface area contributed by atoms with Crippen LogP contribution in [0.15, 0.2) is 42.5 Å². The third-order valence-corrected chi connectivity index (χ3v) is 3.90. The first kappa shape index (κ1) is 16.9. The molecule has 0 radical (unpaired) electrons. The van der Waals surface area contributed by atoms with Gasteiger partial charge in [-0.15, -0.1) is 0 Å². The number of carbonyl (C=O) groups excluding carboxylic acids is 1. The molecule has 0 bridgehead atoms. The molecule has 0 saturated carbocycles. The Morgan fingerprint density at radius 3 is 2.04 bits per heavy atom. The molecular formula is C19H23NO3. The molecule has 0 spiro atoms. The second-order valence-corrected chi connectivity index (χ2v) is 5.12. The third kappa shape index (κ3) is 3.65. The fourth-order valence-corrected chi connectivity index (χ4v) is 2.52. The van der Waals surface area contributed by atoms with Crippen LogP contribution in [-0.2, 0) is 0 Å². The Balaban J connectivity index is 2.43. The molecule has 122 valence electrons. The van der Waals surface area contributed by atoms with Crippen molar-refractivity contribution in [3.8, 4) is 22.6 Å². The van der Waals surface area contributed by atoms with Crippen molar-refractivity contribution >= 4 is 5.91 Å². The van der Waals surface area contributed by atoms with Gasteiger partial charge in [-0.2, -0.15) is 0 Å². The molecular weight excluding hydrogens is 290 g/mol. The van der Waals surface area contributed by atoms with Crippen molar-refractivity contribution in [1.29, 1.82) is 0 Å². The van der Waals surface area contributed by atoms with Crippen LogP contribution in [0.2, 0.25) is 0 Å². The average molecular weight is 313 g/mol. The smallest absolute Gasteiger partial charge is 0.257 e. The van der Waals surface area contributed by atoms with Gasteiger partial charge in [0.15, 0.2) is 0 Å². The van der Waals surface area contributed by atoms with E-state index in [0.717, 1.165) is 16.9 Å². The second-order valence-electron chi connectivity index (χ2n) is 5.12. The maximum Gasteiger partial charge on any atom is 0.257 e. The van der Waals surface area contributed by atoms with Crippen LogP contribution in [0.4, 0.5) is 0 Å². The zero-order valence-electron chi connectivity index (χ0n) is 14.1. The topological polar surface area (TPSA) is 38.8 Å². The van der Waals surface area contributed by atoms with Gasteiger partial charge in [0.25, 0.3) is 5.91 Å². The van der Waals surface area contributed by atoms with E-state index >= 15 is 0 Å². The summed E-state index contributed by atoms with van der Waals surface area (Å²) in [5.74, 6) is 1.39. The lowest BCUT2D eigenvalue weighted by Gasteiger charge is -2.20. The van der Waals surface area contributed by atoms with Crippen LogP contribution in [0.5, 0.6) is 11.5 Å². The van der Waals surface area contributed by atoms with Crippen LogP contribution in [0.25, 0.3) is 11.1 Å². The number of nitrogens with zero attached hydrogens (tertiary/aromatic N) is 1. The Kier molecular flexibility index (Phi) is 5.63. The quantitative estimate of drug-likeness (QED) is 0.813. The molecule has 2 aromatic rings. The molecule has 0 aliphatic rings. The number of ether oxygens (including phenoxy) is 2. The van der Waals surface area contributed by atoms with Crippen LogP contribution in [0.3, 0.4) is 0 Å². The third-order valence-electron chi connectivity index (χ3n) is 3.90. The summed E-state index contributed by atoms with van der Waals surface area (Å²) in [6.07, 6.45) is 0. The number of hydrogen-bond donors (Lipinski definition) is 0. The summed E-state index contributed by atoms with van der Waals surface area (Å²) in [5.41, 5.74) is 2.59. The van der Waals surface area contributed by atoms with E-state index in [4.69, 9.17) is 9.47 Å². The summed E-state index contributed by atoms with van der Waals surface area (Å²) in [6, 6.07) is 13.5. The number of benzene rings is 2. The number of hydrogen-bond acceptors (Lipinski definition) is 3. The van der Waals surface area contributed by atoms with E-state index in [1.807, 2.05) is 56.3 Å². The van der Waals surface area contributed by atoms with Crippen molar-refractivity contribution in [1.82, 2.24) is 4.90 Å². The zero-order chi connectivity index (χ0) is 16.8. The largest absolute Gasteiger partial charge is 0.497 e. The molecule has 23 heavy (non-hydrogen) atoms. The molecule has 0 unspecified atom stereocenters. The SMILES string of the molecule is CCN(CC)C(=O)c1cc(-c2ccc(OC)cc2)ccc1OC. The summed E-state index contributed by atoms with van der Waals surface area (Å²) >= 11 is 0. The molecule has 0 fully saturated rings. The molecule has 0 N–H and O–H groups in total. The van der Waals surface area contributed by atoms with Crippen LogP contribution in [-0.4, -0.2) is 38.1 Å². The summed E-state index contributed by atoms with van der Waals surface area (Å²) in [7, 11) is 3.23. The van der Waals surface area contributed by atoms with Crippen molar-refractivity contribution in [3.05, 3.63) is 48.0 Å². The van der Waals surface area contributed by atoms with Crippen molar-refractivity contribution in [2.24, 2.45) is 0 Å². The number of rotatable bonds is 6. The number of methoxy groups -OCH3 is 2. The molecule has 0 aromatic heterocycles. The highest BCUT2D eigenvalue weighted by Gasteiger charge is 2.18. The van der Waals surface area contributed by atoms with Gasteiger partial charge in [-0.3, -0.25) is 4.79 Å². The molecule has 2 aromatic carbocycles. The van der Waals surface area contributed by atoms with Gasteiger partial charge in [0.2, 0.25) is 0 Å². The summed E-state index contributed by atoms with van der Waals surface area (Å²) in [5, 5.41) is 0. The highest BCUT2D eigenvalue weighted by molar-refractivity contribution is 5.98. The highest BCUT2D eigenvalue weighted by atomic mass is 16.5. The minimum Gasteiger partial charge on any atom is -0.497 e. The molecule has 2 rings (SSSR count). The molecule has 0 aliphatic carbocycles. The minimum absolute atomic E-state index is 0.0118. The van der Waals surface area contributed by atoms with Gasteiger partial charge >= 0.3 is 0 Å². The fraction of sp³-hybridized carbons (Fsp3) is 0.316. The second kappa shape index (κ2) is 7.68. The van der Waals surface area contributed by atoms with Crippen LogP contribution >= 0.6 is 0 Å². The van der Waals surface area contributed by atoms with Crippen molar-refractivity contribution in [2.45, 2.75) is 13.8 Å². The number of carbonyl (C=O) groups is 1. The summed E-state index contributed by atoms with van der Waals surface area (Å²) in [6.45, 7) is 5.29. The van der Waals surface area contributed by atoms with Crippen LogP contribution < -0.4 is 9.47 Å². The van der Waals surface area contributed by atoms with E-state index in [1.54, 1.807) is 19.1 Å². The summed E-state index contributed by atoms with van der Waals surface area (Å²) < 4.78 is 10.5. The van der Waals surface area contributed by atoms with E-state index in [9.17, 15) is 4.79 Å². The van der Waals surface area contributed by atoms with E-state index in [2.05, 4.69) is 0 Å². The highest BCUT2D eigenvalue weighted by Crippen LogP contribution is 2.28. The Morgan fingerprint density at radius 2 is 1.52 bits per heavy atom. The maximum atomic E-state index is 12.7. The predicted octanol–water partition coefficient (Wildman–Crippen LogP) is 3.85. The monoisotopic (exact) mass is 313 g/mol. The van der Waals surface area contributed by atoms with Gasteiger partial charge in [-0.1, -0.05) is 18.2 Å². The van der Waals surface area contributed by atoms with E-state index in [-0.39, 0.29) is 5.91 Å². The molecule has 0 heterocycles.